The van der Waals surface area contributed by atoms with Crippen LogP contribution in [0.25, 0.3) is 139 Å². The fourth-order valence-corrected chi connectivity index (χ4v) is 10.9. The number of hydrogen-bond donors (Lipinski definition) is 0. The lowest BCUT2D eigenvalue weighted by Gasteiger charge is -2.15. The molecule has 0 N–H and O–H groups in total. The highest BCUT2D eigenvalue weighted by atomic mass is 16.3. The van der Waals surface area contributed by atoms with Crippen molar-refractivity contribution in [3.05, 3.63) is 193 Å². The van der Waals surface area contributed by atoms with E-state index in [0.717, 1.165) is 95.8 Å². The lowest BCUT2D eigenvalue weighted by molar-refractivity contribution is 0.666. The summed E-state index contributed by atoms with van der Waals surface area (Å²) in [5.41, 5.74) is 11.4. The number of aromatic nitrogens is 5. The van der Waals surface area contributed by atoms with Gasteiger partial charge in [-0.25, -0.2) is 4.98 Å². The van der Waals surface area contributed by atoms with E-state index in [0.29, 0.717) is 17.6 Å². The van der Waals surface area contributed by atoms with Crippen LogP contribution in [-0.2, 0) is 6.42 Å². The highest BCUT2D eigenvalue weighted by molar-refractivity contribution is 6.22. The highest BCUT2D eigenvalue weighted by Gasteiger charge is 2.27. The van der Waals surface area contributed by atoms with Crippen molar-refractivity contribution in [2.75, 3.05) is 0 Å². The quantitative estimate of drug-likeness (QED) is 0.176. The minimum atomic E-state index is 0.525. The lowest BCUT2D eigenvalue weighted by Crippen LogP contribution is -2.09. The second-order valence-corrected chi connectivity index (χ2v) is 17.4. The van der Waals surface area contributed by atoms with Crippen LogP contribution < -0.4 is 0 Å². The van der Waals surface area contributed by atoms with Crippen LogP contribution in [0.5, 0.6) is 0 Å². The van der Waals surface area contributed by atoms with Crippen molar-refractivity contribution in [2.45, 2.75) is 12.8 Å². The van der Waals surface area contributed by atoms with Gasteiger partial charge in [0.25, 0.3) is 0 Å². The van der Waals surface area contributed by atoms with Crippen LogP contribution in [0.1, 0.15) is 17.7 Å². The third-order valence-corrected chi connectivity index (χ3v) is 13.8. The van der Waals surface area contributed by atoms with Gasteiger partial charge >= 0.3 is 0 Å². The summed E-state index contributed by atoms with van der Waals surface area (Å²) in [6.45, 7) is 0. The number of nitrogens with zero attached hydrogens (tertiary/aromatic N) is 5. The predicted octanol–water partition coefficient (Wildman–Crippen LogP) is 15.3. The molecule has 7 nitrogen and oxygen atoms in total. The number of hydrogen-bond acceptors (Lipinski definition) is 5. The molecule has 0 saturated carbocycles. The van der Waals surface area contributed by atoms with Crippen LogP contribution in [0.15, 0.2) is 191 Å². The molecule has 0 fully saturated rings. The van der Waals surface area contributed by atoms with Crippen molar-refractivity contribution < 1.29 is 8.83 Å². The molecule has 0 unspecified atom stereocenters. The third-order valence-electron chi connectivity index (χ3n) is 13.8. The molecule has 5 heterocycles. The van der Waals surface area contributed by atoms with Crippen LogP contribution in [0, 0.1) is 0 Å². The molecule has 0 amide bonds. The van der Waals surface area contributed by atoms with E-state index in [1.807, 2.05) is 24.3 Å². The van der Waals surface area contributed by atoms with Crippen LogP contribution in [0.4, 0.5) is 0 Å². The molecule has 5 aromatic heterocycles. The van der Waals surface area contributed by atoms with Gasteiger partial charge in [0.05, 0.1) is 33.5 Å². The van der Waals surface area contributed by atoms with Gasteiger partial charge in [-0.1, -0.05) is 133 Å². The Hall–Kier alpha value is -8.81. The Labute approximate surface area is 376 Å². The molecule has 0 atom stereocenters. The van der Waals surface area contributed by atoms with Crippen LogP contribution in [0.3, 0.4) is 0 Å². The monoisotopic (exact) mass is 845 g/mol. The van der Waals surface area contributed by atoms with Gasteiger partial charge in [0, 0.05) is 48.7 Å². The molecule has 15 rings (SSSR count). The topological polar surface area (TPSA) is 74.8 Å². The predicted molar refractivity (Wildman–Crippen MR) is 269 cm³/mol. The molecular weight excluding hydrogens is 811 g/mol. The van der Waals surface area contributed by atoms with Gasteiger partial charge < -0.3 is 13.4 Å². The van der Waals surface area contributed by atoms with Gasteiger partial charge in [-0.2, -0.15) is 9.97 Å². The van der Waals surface area contributed by atoms with Crippen molar-refractivity contribution in [1.82, 2.24) is 24.1 Å². The molecule has 66 heavy (non-hydrogen) atoms. The zero-order chi connectivity index (χ0) is 43.0. The van der Waals surface area contributed by atoms with Gasteiger partial charge in [-0.15, -0.1) is 0 Å². The molecule has 9 aromatic carbocycles. The van der Waals surface area contributed by atoms with Crippen molar-refractivity contribution in [3.8, 4) is 34.4 Å². The van der Waals surface area contributed by atoms with E-state index >= 15 is 0 Å². The van der Waals surface area contributed by atoms with E-state index < -0.39 is 0 Å². The molecule has 7 heteroatoms. The first kappa shape index (κ1) is 35.6. The third kappa shape index (κ3) is 4.94. The zero-order valence-electron chi connectivity index (χ0n) is 35.4. The maximum atomic E-state index is 7.09. The van der Waals surface area contributed by atoms with Gasteiger partial charge in [0.2, 0.25) is 5.95 Å². The normalized spacial score (nSPS) is 13.0. The molecule has 0 radical (unpaired) electrons. The Morgan fingerprint density at radius 2 is 1.12 bits per heavy atom. The Kier molecular flexibility index (Phi) is 7.21. The van der Waals surface area contributed by atoms with Gasteiger partial charge in [-0.3, -0.25) is 4.57 Å². The summed E-state index contributed by atoms with van der Waals surface area (Å²) in [5.74, 6) is 1.60. The molecule has 1 aliphatic rings. The Bertz CT molecular complexity index is 4430. The number of aryl methyl sites for hydroxylation is 1. The molecule has 1 aliphatic carbocycles. The second kappa shape index (κ2) is 13.4. The van der Waals surface area contributed by atoms with E-state index in [2.05, 4.69) is 173 Å². The summed E-state index contributed by atoms with van der Waals surface area (Å²) in [6, 6.07) is 62.1. The average molecular weight is 846 g/mol. The summed E-state index contributed by atoms with van der Waals surface area (Å²) >= 11 is 0. The number of fused-ring (bicyclic) bond motifs is 15. The maximum absolute atomic E-state index is 7.09. The molecule has 14 aromatic rings. The minimum Gasteiger partial charge on any atom is -0.455 e. The first-order chi connectivity index (χ1) is 32.7. The Morgan fingerprint density at radius 1 is 0.439 bits per heavy atom. The summed E-state index contributed by atoms with van der Waals surface area (Å²) in [7, 11) is 0. The number of allylic oxidation sites excluding steroid dienone is 1. The zero-order valence-corrected chi connectivity index (χ0v) is 35.4. The maximum Gasteiger partial charge on any atom is 0.238 e. The standard InChI is InChI=1S/C59H35N5O2/c1-2-16-36-33-50-46(32-35(36)15-1)41-29-28-34-14-3-4-17-37(34)54(41)63(50)49-31-30-44(53-43-21-8-12-27-52(43)66-56(49)53)57-60-58(45-23-13-22-42-40-20-7-11-26-51(40)65-55(42)45)62-59(61-57)64-47-24-9-5-18-38(47)39-19-6-10-25-48(39)64/h1-5,7-18,20-33H,6,19H2. The Balaban J connectivity index is 1.06. The summed E-state index contributed by atoms with van der Waals surface area (Å²) < 4.78 is 18.3. The van der Waals surface area contributed by atoms with Crippen LogP contribution in [0.2, 0.25) is 0 Å². The molecule has 0 bridgehead atoms. The number of furan rings is 2. The smallest absolute Gasteiger partial charge is 0.238 e. The fourth-order valence-electron chi connectivity index (χ4n) is 10.9. The molecule has 0 aliphatic heterocycles. The minimum absolute atomic E-state index is 0.525. The van der Waals surface area contributed by atoms with E-state index in [-0.39, 0.29) is 0 Å². The molecule has 0 saturated heterocycles. The first-order valence-electron chi connectivity index (χ1n) is 22.5. The summed E-state index contributed by atoms with van der Waals surface area (Å²) in [4.78, 5) is 16.3. The van der Waals surface area contributed by atoms with Gasteiger partial charge in [0.15, 0.2) is 17.2 Å². The second-order valence-electron chi connectivity index (χ2n) is 17.4. The molecule has 0 spiro atoms. The van der Waals surface area contributed by atoms with Gasteiger partial charge in [-0.05, 0) is 89.2 Å². The van der Waals surface area contributed by atoms with Crippen molar-refractivity contribution in [1.29, 1.82) is 0 Å². The first-order valence-corrected chi connectivity index (χ1v) is 22.5. The largest absolute Gasteiger partial charge is 0.455 e. The van der Waals surface area contributed by atoms with Crippen LogP contribution >= 0.6 is 0 Å². The lowest BCUT2D eigenvalue weighted by atomic mass is 10.0. The summed E-state index contributed by atoms with van der Waals surface area (Å²) in [5, 5.41) is 12.3. The average Bonchev–Trinajstić information content (AvgIpc) is 4.13. The number of benzene rings is 9. The van der Waals surface area contributed by atoms with Crippen molar-refractivity contribution in [3.63, 3.8) is 0 Å². The number of rotatable bonds is 4. The molecular formula is C59H35N5O2. The fraction of sp³-hybridized carbons (Fsp3) is 0.0339. The van der Waals surface area contributed by atoms with E-state index in [1.54, 1.807) is 0 Å². The van der Waals surface area contributed by atoms with E-state index in [1.165, 1.54) is 43.3 Å². The SMILES string of the molecule is C1=Cc2c(c3ccccc3n2-c2nc(-c3cccc4c3oc3ccccc34)nc(-c3ccc(-n4c5cc6ccccc6cc5c5ccc6ccccc6c54)c4oc5ccccc5c34)n2)CC1. The Morgan fingerprint density at radius 3 is 1.98 bits per heavy atom. The van der Waals surface area contributed by atoms with E-state index in [4.69, 9.17) is 23.8 Å². The van der Waals surface area contributed by atoms with E-state index in [9.17, 15) is 0 Å². The van der Waals surface area contributed by atoms with Crippen molar-refractivity contribution in [2.24, 2.45) is 0 Å². The van der Waals surface area contributed by atoms with Crippen LogP contribution in [-0.4, -0.2) is 24.1 Å². The highest BCUT2D eigenvalue weighted by Crippen LogP contribution is 2.45. The van der Waals surface area contributed by atoms with Crippen molar-refractivity contribution >= 4 is 104 Å². The van der Waals surface area contributed by atoms with Gasteiger partial charge in [0.1, 0.15) is 16.7 Å². The number of para-hydroxylation sites is 4. The molecule has 308 valence electrons. The summed E-state index contributed by atoms with van der Waals surface area (Å²) in [6.07, 6.45) is 6.39.